The summed E-state index contributed by atoms with van der Waals surface area (Å²) in [4.78, 5) is 25.9. The highest BCUT2D eigenvalue weighted by atomic mass is 32.2. The Kier molecular flexibility index (Phi) is 7.78. The van der Waals surface area contributed by atoms with Crippen molar-refractivity contribution in [2.75, 3.05) is 26.2 Å². The zero-order chi connectivity index (χ0) is 22.3. The molecule has 8 nitrogen and oxygen atoms in total. The van der Waals surface area contributed by atoms with E-state index in [-0.39, 0.29) is 16.4 Å². The third kappa shape index (κ3) is 6.13. The van der Waals surface area contributed by atoms with Crippen molar-refractivity contribution in [2.24, 2.45) is 0 Å². The average Bonchev–Trinajstić information content (AvgIpc) is 2.79. The van der Waals surface area contributed by atoms with Crippen LogP contribution in [0.1, 0.15) is 35.7 Å². The molecule has 2 aromatic carbocycles. The number of carbonyl (C=O) groups excluding carboxylic acids is 2. The lowest BCUT2D eigenvalue weighted by Gasteiger charge is -2.34. The van der Waals surface area contributed by atoms with Crippen molar-refractivity contribution in [1.29, 1.82) is 0 Å². The number of amides is 2. The van der Waals surface area contributed by atoms with Gasteiger partial charge in [-0.05, 0) is 36.2 Å². The van der Waals surface area contributed by atoms with Gasteiger partial charge in [-0.1, -0.05) is 37.3 Å². The van der Waals surface area contributed by atoms with E-state index in [1.807, 2.05) is 25.1 Å². The molecule has 0 saturated carbocycles. The molecular formula is C22H28N4O4S. The van der Waals surface area contributed by atoms with Gasteiger partial charge in [-0.15, -0.1) is 0 Å². The molecule has 31 heavy (non-hydrogen) atoms. The number of nitrogens with one attached hydrogen (secondary N) is 2. The maximum atomic E-state index is 13.0. The molecule has 0 spiro atoms. The molecular weight excluding hydrogens is 416 g/mol. The Morgan fingerprint density at radius 2 is 1.55 bits per heavy atom. The van der Waals surface area contributed by atoms with Crippen LogP contribution in [-0.4, -0.2) is 55.6 Å². The van der Waals surface area contributed by atoms with Crippen LogP contribution in [0.25, 0.3) is 0 Å². The Balaban J connectivity index is 1.56. The highest BCUT2D eigenvalue weighted by molar-refractivity contribution is 7.89. The summed E-state index contributed by atoms with van der Waals surface area (Å²) in [5, 5.41) is 0. The molecule has 2 aromatic rings. The lowest BCUT2D eigenvalue weighted by atomic mass is 10.2. The molecule has 0 unspecified atom stereocenters. The average molecular weight is 445 g/mol. The van der Waals surface area contributed by atoms with Gasteiger partial charge in [0.15, 0.2) is 0 Å². The van der Waals surface area contributed by atoms with Gasteiger partial charge in [-0.2, -0.15) is 4.31 Å². The molecule has 1 aliphatic rings. The Hall–Kier alpha value is -2.75. The van der Waals surface area contributed by atoms with Crippen LogP contribution in [0.4, 0.5) is 0 Å². The molecule has 9 heteroatoms. The maximum Gasteiger partial charge on any atom is 0.269 e. The number of sulfonamides is 1. The quantitative estimate of drug-likeness (QED) is 0.634. The van der Waals surface area contributed by atoms with Crippen molar-refractivity contribution < 1.29 is 18.0 Å². The van der Waals surface area contributed by atoms with Gasteiger partial charge >= 0.3 is 0 Å². The third-order valence-corrected chi connectivity index (χ3v) is 7.04. The number of hydrazine groups is 1. The Morgan fingerprint density at radius 3 is 2.16 bits per heavy atom. The molecule has 0 aromatic heterocycles. The topological polar surface area (TPSA) is 98.8 Å². The first-order chi connectivity index (χ1) is 14.9. The highest BCUT2D eigenvalue weighted by Gasteiger charge is 2.28. The number of rotatable bonds is 7. The van der Waals surface area contributed by atoms with E-state index in [0.29, 0.717) is 39.0 Å². The van der Waals surface area contributed by atoms with Crippen LogP contribution in [-0.2, 0) is 21.4 Å². The number of piperazine rings is 1. The maximum absolute atomic E-state index is 13.0. The molecule has 166 valence electrons. The number of nitrogens with zero attached hydrogens (tertiary/aromatic N) is 2. The standard InChI is InChI=1S/C22H28N4O4S/c1-2-6-21(27)23-24-22(28)19-9-11-20(12-10-19)31(29,30)26-15-13-25(14-16-26)17-18-7-4-3-5-8-18/h3-5,7-12H,2,6,13-17H2,1H3,(H,23,27)(H,24,28). The van der Waals surface area contributed by atoms with Crippen molar-refractivity contribution in [2.45, 2.75) is 31.2 Å². The minimum absolute atomic E-state index is 0.149. The van der Waals surface area contributed by atoms with Gasteiger partial charge in [0, 0.05) is 44.7 Å². The van der Waals surface area contributed by atoms with Crippen LogP contribution in [0.15, 0.2) is 59.5 Å². The SMILES string of the molecule is CCCC(=O)NNC(=O)c1ccc(S(=O)(=O)N2CCN(Cc3ccccc3)CC2)cc1. The van der Waals surface area contributed by atoms with E-state index in [1.165, 1.54) is 34.1 Å². The van der Waals surface area contributed by atoms with Crippen LogP contribution in [0.3, 0.4) is 0 Å². The summed E-state index contributed by atoms with van der Waals surface area (Å²) in [6.45, 7) is 4.82. The first kappa shape index (κ1) is 22.9. The summed E-state index contributed by atoms with van der Waals surface area (Å²) in [6, 6.07) is 15.8. The van der Waals surface area contributed by atoms with Crippen molar-refractivity contribution >= 4 is 21.8 Å². The van der Waals surface area contributed by atoms with E-state index in [1.54, 1.807) is 0 Å². The normalized spacial score (nSPS) is 15.4. The molecule has 0 atom stereocenters. The number of carbonyl (C=O) groups is 2. The summed E-state index contributed by atoms with van der Waals surface area (Å²) in [5.74, 6) is -0.774. The fourth-order valence-corrected chi connectivity index (χ4v) is 4.81. The van der Waals surface area contributed by atoms with E-state index in [9.17, 15) is 18.0 Å². The molecule has 3 rings (SSSR count). The molecule has 0 bridgehead atoms. The minimum Gasteiger partial charge on any atom is -0.296 e. The van der Waals surface area contributed by atoms with E-state index >= 15 is 0 Å². The first-order valence-corrected chi connectivity index (χ1v) is 11.8. The van der Waals surface area contributed by atoms with Gasteiger partial charge in [0.05, 0.1) is 4.90 Å². The van der Waals surface area contributed by atoms with Crippen LogP contribution in [0.5, 0.6) is 0 Å². The van der Waals surface area contributed by atoms with E-state index in [2.05, 4.69) is 27.9 Å². The van der Waals surface area contributed by atoms with Crippen molar-refractivity contribution in [3.8, 4) is 0 Å². The Morgan fingerprint density at radius 1 is 0.903 bits per heavy atom. The van der Waals surface area contributed by atoms with Crippen LogP contribution < -0.4 is 10.9 Å². The molecule has 2 amide bonds. The van der Waals surface area contributed by atoms with Crippen LogP contribution >= 0.6 is 0 Å². The molecule has 0 aliphatic carbocycles. The van der Waals surface area contributed by atoms with Crippen LogP contribution in [0, 0.1) is 0 Å². The smallest absolute Gasteiger partial charge is 0.269 e. The summed E-state index contributed by atoms with van der Waals surface area (Å²) >= 11 is 0. The molecule has 1 saturated heterocycles. The summed E-state index contributed by atoms with van der Waals surface area (Å²) in [7, 11) is -3.63. The van der Waals surface area contributed by atoms with Gasteiger partial charge in [0.25, 0.3) is 5.91 Å². The predicted molar refractivity (Wildman–Crippen MR) is 117 cm³/mol. The van der Waals surface area contributed by atoms with Crippen LogP contribution in [0.2, 0.25) is 0 Å². The summed E-state index contributed by atoms with van der Waals surface area (Å²) in [6.07, 6.45) is 0.991. The molecule has 1 aliphatic heterocycles. The fourth-order valence-electron chi connectivity index (χ4n) is 3.39. The van der Waals surface area contributed by atoms with Crippen molar-refractivity contribution in [3.63, 3.8) is 0 Å². The first-order valence-electron chi connectivity index (χ1n) is 10.4. The van der Waals surface area contributed by atoms with Gasteiger partial charge < -0.3 is 0 Å². The van der Waals surface area contributed by atoms with E-state index in [0.717, 1.165) is 6.54 Å². The van der Waals surface area contributed by atoms with Gasteiger partial charge in [0.1, 0.15) is 0 Å². The second kappa shape index (κ2) is 10.5. The van der Waals surface area contributed by atoms with Gasteiger partial charge in [0.2, 0.25) is 15.9 Å². The fraction of sp³-hybridized carbons (Fsp3) is 0.364. The Labute approximate surface area is 183 Å². The van der Waals surface area contributed by atoms with E-state index in [4.69, 9.17) is 0 Å². The molecule has 1 fully saturated rings. The molecule has 2 N–H and O–H groups in total. The number of benzene rings is 2. The van der Waals surface area contributed by atoms with Crippen molar-refractivity contribution in [3.05, 3.63) is 65.7 Å². The van der Waals surface area contributed by atoms with Gasteiger partial charge in [-0.25, -0.2) is 8.42 Å². The van der Waals surface area contributed by atoms with Crippen molar-refractivity contribution in [1.82, 2.24) is 20.1 Å². The third-order valence-electron chi connectivity index (χ3n) is 5.13. The second-order valence-electron chi connectivity index (χ2n) is 7.44. The zero-order valence-electron chi connectivity index (χ0n) is 17.6. The monoisotopic (exact) mass is 444 g/mol. The minimum atomic E-state index is -3.63. The summed E-state index contributed by atoms with van der Waals surface area (Å²) < 4.78 is 27.4. The molecule has 0 radical (unpaired) electrons. The highest BCUT2D eigenvalue weighted by Crippen LogP contribution is 2.19. The number of hydrogen-bond donors (Lipinski definition) is 2. The largest absolute Gasteiger partial charge is 0.296 e. The summed E-state index contributed by atoms with van der Waals surface area (Å²) in [5.41, 5.74) is 6.13. The molecule has 1 heterocycles. The number of hydrogen-bond acceptors (Lipinski definition) is 5. The second-order valence-corrected chi connectivity index (χ2v) is 9.38. The van der Waals surface area contributed by atoms with E-state index < -0.39 is 15.9 Å². The van der Waals surface area contributed by atoms with Gasteiger partial charge in [-0.3, -0.25) is 25.3 Å². The lowest BCUT2D eigenvalue weighted by molar-refractivity contribution is -0.121. The lowest BCUT2D eigenvalue weighted by Crippen LogP contribution is -2.48. The Bertz CT molecular complexity index is 986. The predicted octanol–water partition coefficient (Wildman–Crippen LogP) is 1.75. The zero-order valence-corrected chi connectivity index (χ0v) is 18.4.